The molecule has 0 fully saturated rings. The summed E-state index contributed by atoms with van der Waals surface area (Å²) in [5.41, 5.74) is 5.19. The van der Waals surface area contributed by atoms with Crippen LogP contribution < -0.4 is 10.1 Å². The maximum absolute atomic E-state index is 5.33. The Bertz CT molecular complexity index is 607. The highest BCUT2D eigenvalue weighted by atomic mass is 16.5. The summed E-state index contributed by atoms with van der Waals surface area (Å²) < 4.78 is 5.33. The number of rotatable bonds is 4. The fourth-order valence-corrected chi connectivity index (χ4v) is 2.90. The lowest BCUT2D eigenvalue weighted by molar-refractivity contribution is 0.411. The van der Waals surface area contributed by atoms with Crippen molar-refractivity contribution in [2.75, 3.05) is 7.11 Å². The van der Waals surface area contributed by atoms with E-state index < -0.39 is 0 Å². The largest absolute Gasteiger partial charge is 0.497 e. The maximum Gasteiger partial charge on any atom is 0.119 e. The Morgan fingerprint density at radius 1 is 1.24 bits per heavy atom. The summed E-state index contributed by atoms with van der Waals surface area (Å²) in [7, 11) is 1.73. The molecule has 1 aliphatic rings. The third-order valence-corrected chi connectivity index (χ3v) is 4.21. The minimum absolute atomic E-state index is 0.533. The van der Waals surface area contributed by atoms with Crippen LogP contribution in [0.3, 0.4) is 0 Å². The highest BCUT2D eigenvalue weighted by molar-refractivity contribution is 5.37. The van der Waals surface area contributed by atoms with Gasteiger partial charge in [-0.3, -0.25) is 4.98 Å². The number of aryl methyl sites for hydroxylation is 2. The van der Waals surface area contributed by atoms with Crippen LogP contribution in [0.15, 0.2) is 36.5 Å². The molecule has 1 aliphatic carbocycles. The second kappa shape index (κ2) is 6.27. The van der Waals surface area contributed by atoms with Gasteiger partial charge in [0.1, 0.15) is 5.75 Å². The number of nitrogens with one attached hydrogen (secondary N) is 1. The maximum atomic E-state index is 5.33. The summed E-state index contributed by atoms with van der Waals surface area (Å²) in [6, 6.07) is 11.2. The minimum Gasteiger partial charge on any atom is -0.497 e. The van der Waals surface area contributed by atoms with Gasteiger partial charge in [-0.05, 0) is 61.1 Å². The Morgan fingerprint density at radius 2 is 2.14 bits per heavy atom. The van der Waals surface area contributed by atoms with Crippen molar-refractivity contribution in [3.8, 4) is 5.75 Å². The van der Waals surface area contributed by atoms with E-state index in [-0.39, 0.29) is 0 Å². The number of ether oxygens (including phenoxy) is 1. The number of methoxy groups -OCH3 is 1. The van der Waals surface area contributed by atoms with Crippen molar-refractivity contribution in [2.45, 2.75) is 38.8 Å². The van der Waals surface area contributed by atoms with E-state index in [4.69, 9.17) is 4.74 Å². The third kappa shape index (κ3) is 3.42. The van der Waals surface area contributed by atoms with Crippen molar-refractivity contribution in [2.24, 2.45) is 0 Å². The van der Waals surface area contributed by atoms with Crippen LogP contribution in [0.2, 0.25) is 0 Å². The third-order valence-electron chi connectivity index (χ3n) is 4.21. The monoisotopic (exact) mass is 282 g/mol. The zero-order valence-corrected chi connectivity index (χ0v) is 12.7. The summed E-state index contributed by atoms with van der Waals surface area (Å²) in [5, 5.41) is 3.65. The van der Waals surface area contributed by atoms with E-state index in [1.165, 1.54) is 23.1 Å². The molecule has 1 N–H and O–H groups in total. The van der Waals surface area contributed by atoms with Crippen LogP contribution >= 0.6 is 0 Å². The highest BCUT2D eigenvalue weighted by Gasteiger charge is 2.18. The molecular formula is C18H22N2O. The zero-order chi connectivity index (χ0) is 14.7. The van der Waals surface area contributed by atoms with Crippen LogP contribution in [0.1, 0.15) is 28.8 Å². The Kier molecular flexibility index (Phi) is 4.20. The fraction of sp³-hybridized carbons (Fsp3) is 0.389. The molecule has 21 heavy (non-hydrogen) atoms. The van der Waals surface area contributed by atoms with Gasteiger partial charge < -0.3 is 10.1 Å². The van der Waals surface area contributed by atoms with Crippen molar-refractivity contribution >= 4 is 0 Å². The molecule has 1 aromatic heterocycles. The molecule has 0 saturated heterocycles. The molecule has 1 aromatic carbocycles. The predicted octanol–water partition coefficient (Wildman–Crippen LogP) is 3.05. The molecule has 3 rings (SSSR count). The molecule has 0 saturated carbocycles. The van der Waals surface area contributed by atoms with E-state index >= 15 is 0 Å². The first-order valence-electron chi connectivity index (χ1n) is 7.55. The molecule has 0 aliphatic heterocycles. The average molecular weight is 282 g/mol. The summed E-state index contributed by atoms with van der Waals surface area (Å²) in [4.78, 5) is 4.34. The van der Waals surface area contributed by atoms with Crippen LogP contribution in [0.25, 0.3) is 0 Å². The minimum atomic E-state index is 0.533. The van der Waals surface area contributed by atoms with Crippen molar-refractivity contribution in [1.82, 2.24) is 10.3 Å². The number of fused-ring (bicyclic) bond motifs is 1. The van der Waals surface area contributed by atoms with E-state index in [0.717, 1.165) is 30.8 Å². The Balaban J connectivity index is 1.62. The number of hydrogen-bond donors (Lipinski definition) is 1. The van der Waals surface area contributed by atoms with Crippen LogP contribution in [0.5, 0.6) is 5.75 Å². The van der Waals surface area contributed by atoms with Crippen LogP contribution in [-0.2, 0) is 19.4 Å². The van der Waals surface area contributed by atoms with Gasteiger partial charge in [-0.1, -0.05) is 12.1 Å². The summed E-state index contributed by atoms with van der Waals surface area (Å²) in [5.74, 6) is 0.956. The first-order valence-corrected chi connectivity index (χ1v) is 7.55. The van der Waals surface area contributed by atoms with Crippen LogP contribution in [0.4, 0.5) is 0 Å². The molecule has 0 radical (unpaired) electrons. The van der Waals surface area contributed by atoms with Gasteiger partial charge in [-0.2, -0.15) is 0 Å². The molecule has 3 heteroatoms. The SMILES string of the molecule is COc1ccc2c(c1)CC(NCc1ccc(C)nc1)CC2. The van der Waals surface area contributed by atoms with Gasteiger partial charge >= 0.3 is 0 Å². The molecular weight excluding hydrogens is 260 g/mol. The van der Waals surface area contributed by atoms with Gasteiger partial charge in [-0.15, -0.1) is 0 Å². The topological polar surface area (TPSA) is 34.1 Å². The molecule has 1 unspecified atom stereocenters. The van der Waals surface area contributed by atoms with Crippen LogP contribution in [-0.4, -0.2) is 18.1 Å². The molecule has 110 valence electrons. The van der Waals surface area contributed by atoms with Gasteiger partial charge in [0.25, 0.3) is 0 Å². The smallest absolute Gasteiger partial charge is 0.119 e. The summed E-state index contributed by atoms with van der Waals surface area (Å²) in [6.07, 6.45) is 5.37. The van der Waals surface area contributed by atoms with Crippen molar-refractivity contribution < 1.29 is 4.74 Å². The summed E-state index contributed by atoms with van der Waals surface area (Å²) in [6.45, 7) is 2.90. The van der Waals surface area contributed by atoms with E-state index in [1.807, 2.05) is 13.1 Å². The molecule has 0 spiro atoms. The predicted molar refractivity (Wildman–Crippen MR) is 84.6 cm³/mol. The van der Waals surface area contributed by atoms with Crippen LogP contribution in [0, 0.1) is 6.92 Å². The lowest BCUT2D eigenvalue weighted by Gasteiger charge is -2.26. The second-order valence-electron chi connectivity index (χ2n) is 5.76. The Morgan fingerprint density at radius 3 is 2.90 bits per heavy atom. The quantitative estimate of drug-likeness (QED) is 0.936. The van der Waals surface area contributed by atoms with Gasteiger partial charge in [0.2, 0.25) is 0 Å². The first-order chi connectivity index (χ1) is 10.2. The molecule has 1 heterocycles. The van der Waals surface area contributed by atoms with Gasteiger partial charge in [-0.25, -0.2) is 0 Å². The standard InChI is InChI=1S/C18H22N2O/c1-13-3-4-14(11-19-13)12-20-17-7-5-15-6-8-18(21-2)10-16(15)9-17/h3-4,6,8,10-11,17,20H,5,7,9,12H2,1-2H3. The Labute approximate surface area is 126 Å². The summed E-state index contributed by atoms with van der Waals surface area (Å²) >= 11 is 0. The van der Waals surface area contributed by atoms with E-state index in [9.17, 15) is 0 Å². The second-order valence-corrected chi connectivity index (χ2v) is 5.76. The van der Waals surface area contributed by atoms with Crippen molar-refractivity contribution in [3.63, 3.8) is 0 Å². The number of nitrogens with zero attached hydrogens (tertiary/aromatic N) is 1. The molecule has 3 nitrogen and oxygen atoms in total. The molecule has 2 aromatic rings. The molecule has 1 atom stereocenters. The lowest BCUT2D eigenvalue weighted by Crippen LogP contribution is -2.34. The number of aromatic nitrogens is 1. The highest BCUT2D eigenvalue weighted by Crippen LogP contribution is 2.25. The average Bonchev–Trinajstić information content (AvgIpc) is 2.53. The van der Waals surface area contributed by atoms with Crippen molar-refractivity contribution in [1.29, 1.82) is 0 Å². The van der Waals surface area contributed by atoms with Crippen molar-refractivity contribution in [3.05, 3.63) is 58.9 Å². The Hall–Kier alpha value is -1.87. The fourth-order valence-electron chi connectivity index (χ4n) is 2.90. The lowest BCUT2D eigenvalue weighted by atomic mass is 9.88. The van der Waals surface area contributed by atoms with E-state index in [2.05, 4.69) is 40.6 Å². The molecule has 0 amide bonds. The van der Waals surface area contributed by atoms with Gasteiger partial charge in [0.15, 0.2) is 0 Å². The normalized spacial score (nSPS) is 17.3. The van der Waals surface area contributed by atoms with E-state index in [0.29, 0.717) is 6.04 Å². The first kappa shape index (κ1) is 14.1. The van der Waals surface area contributed by atoms with Gasteiger partial charge in [0.05, 0.1) is 7.11 Å². The number of pyridine rings is 1. The van der Waals surface area contributed by atoms with Gasteiger partial charge in [0, 0.05) is 24.5 Å². The zero-order valence-electron chi connectivity index (χ0n) is 12.7. The number of hydrogen-bond acceptors (Lipinski definition) is 3. The number of benzene rings is 1. The van der Waals surface area contributed by atoms with E-state index in [1.54, 1.807) is 7.11 Å². The molecule has 0 bridgehead atoms.